The maximum atomic E-state index is 12.8. The van der Waals surface area contributed by atoms with E-state index in [1.807, 2.05) is 38.1 Å². The van der Waals surface area contributed by atoms with Crippen LogP contribution in [0.2, 0.25) is 0 Å². The van der Waals surface area contributed by atoms with E-state index in [-0.39, 0.29) is 24.4 Å². The van der Waals surface area contributed by atoms with Crippen LogP contribution in [0.3, 0.4) is 0 Å². The summed E-state index contributed by atoms with van der Waals surface area (Å²) < 4.78 is 3.90. The van der Waals surface area contributed by atoms with Crippen molar-refractivity contribution < 1.29 is 9.59 Å². The van der Waals surface area contributed by atoms with Crippen molar-refractivity contribution in [1.29, 1.82) is 0 Å². The predicted molar refractivity (Wildman–Crippen MR) is 129 cm³/mol. The molecular formula is C24H32N6O2S. The summed E-state index contributed by atoms with van der Waals surface area (Å²) in [6.45, 7) is 3.18. The first-order chi connectivity index (χ1) is 16.1. The van der Waals surface area contributed by atoms with Crippen molar-refractivity contribution in [3.05, 3.63) is 24.3 Å². The van der Waals surface area contributed by atoms with Crippen molar-refractivity contribution in [3.8, 4) is 0 Å². The highest BCUT2D eigenvalue weighted by Crippen LogP contribution is 2.27. The molecule has 2 fully saturated rings. The zero-order valence-electron chi connectivity index (χ0n) is 19.2. The van der Waals surface area contributed by atoms with Gasteiger partial charge >= 0.3 is 0 Å². The van der Waals surface area contributed by atoms with Crippen molar-refractivity contribution >= 4 is 40.4 Å². The number of nitrogens with one attached hydrogen (secondary N) is 1. The molecule has 33 heavy (non-hydrogen) atoms. The molecule has 2 aliphatic rings. The number of rotatable bonds is 6. The Morgan fingerprint density at radius 1 is 1.03 bits per heavy atom. The van der Waals surface area contributed by atoms with Crippen LogP contribution in [0.25, 0.3) is 16.8 Å². The standard InChI is InChI=1S/C24H32N6O2S/c1-17-9-7-8-14-28(17)22(32)16-33-24-27-26-23-29(19-12-5-6-13-20(19)30(23)24)15-21(31)25-18-10-3-2-4-11-18/h5-6,12-13,17-18H,2-4,7-11,14-16H2,1H3,(H,25,31). The zero-order valence-corrected chi connectivity index (χ0v) is 20.0. The molecular weight excluding hydrogens is 436 g/mol. The minimum absolute atomic E-state index is 0.0108. The lowest BCUT2D eigenvalue weighted by Crippen LogP contribution is -2.42. The smallest absolute Gasteiger partial charge is 0.240 e. The summed E-state index contributed by atoms with van der Waals surface area (Å²) in [6, 6.07) is 8.54. The molecule has 0 radical (unpaired) electrons. The molecule has 1 atom stereocenters. The molecule has 176 valence electrons. The van der Waals surface area contributed by atoms with Crippen LogP contribution in [-0.2, 0) is 16.1 Å². The van der Waals surface area contributed by atoms with Crippen LogP contribution in [0.4, 0.5) is 0 Å². The molecule has 0 bridgehead atoms. The second-order valence-corrected chi connectivity index (χ2v) is 10.3. The first-order valence-electron chi connectivity index (χ1n) is 12.2. The SMILES string of the molecule is CC1CCCCN1C(=O)CSc1nnc2n(CC(=O)NC3CCCCC3)c3ccccc3n12. The van der Waals surface area contributed by atoms with Gasteiger partial charge in [-0.3, -0.25) is 18.6 Å². The molecule has 1 saturated heterocycles. The van der Waals surface area contributed by atoms with Crippen LogP contribution < -0.4 is 5.32 Å². The molecule has 5 rings (SSSR count). The Labute approximate surface area is 198 Å². The minimum atomic E-state index is 0.0108. The van der Waals surface area contributed by atoms with Gasteiger partial charge in [0.25, 0.3) is 0 Å². The number of imidazole rings is 1. The Bertz CT molecular complexity index is 1150. The average Bonchev–Trinajstić information content (AvgIpc) is 3.38. The topological polar surface area (TPSA) is 84.5 Å². The lowest BCUT2D eigenvalue weighted by molar-refractivity contribution is -0.131. The number of amides is 2. The van der Waals surface area contributed by atoms with E-state index >= 15 is 0 Å². The molecule has 8 nitrogen and oxygen atoms in total. The fourth-order valence-electron chi connectivity index (χ4n) is 5.23. The number of carbonyl (C=O) groups is 2. The number of para-hydroxylation sites is 2. The van der Waals surface area contributed by atoms with Gasteiger partial charge in [0.15, 0.2) is 5.16 Å². The van der Waals surface area contributed by atoms with Crippen LogP contribution in [0, 0.1) is 0 Å². The number of benzene rings is 1. The maximum Gasteiger partial charge on any atom is 0.240 e. The number of aromatic nitrogens is 4. The number of carbonyl (C=O) groups excluding carboxylic acids is 2. The monoisotopic (exact) mass is 468 g/mol. The van der Waals surface area contributed by atoms with Crippen molar-refractivity contribution in [1.82, 2.24) is 29.4 Å². The van der Waals surface area contributed by atoms with Crippen LogP contribution >= 0.6 is 11.8 Å². The van der Waals surface area contributed by atoms with Crippen LogP contribution in [-0.4, -0.2) is 60.3 Å². The number of likely N-dealkylation sites (tertiary alicyclic amines) is 1. The van der Waals surface area contributed by atoms with E-state index in [2.05, 4.69) is 22.4 Å². The van der Waals surface area contributed by atoms with E-state index in [0.717, 1.165) is 43.3 Å². The van der Waals surface area contributed by atoms with E-state index < -0.39 is 0 Å². The fourth-order valence-corrected chi connectivity index (χ4v) is 6.05. The normalized spacial score (nSPS) is 19.9. The van der Waals surface area contributed by atoms with Gasteiger partial charge < -0.3 is 10.2 Å². The van der Waals surface area contributed by atoms with Gasteiger partial charge in [-0.15, -0.1) is 10.2 Å². The van der Waals surface area contributed by atoms with E-state index in [4.69, 9.17) is 0 Å². The van der Waals surface area contributed by atoms with Crippen molar-refractivity contribution in [2.24, 2.45) is 0 Å². The van der Waals surface area contributed by atoms with E-state index in [1.165, 1.54) is 37.4 Å². The fraction of sp³-hybridized carbons (Fsp3) is 0.583. The molecule has 0 spiro atoms. The molecule has 1 unspecified atom stereocenters. The van der Waals surface area contributed by atoms with Crippen molar-refractivity contribution in [2.75, 3.05) is 12.3 Å². The Balaban J connectivity index is 1.36. The first kappa shape index (κ1) is 22.3. The van der Waals surface area contributed by atoms with Crippen LogP contribution in [0.15, 0.2) is 29.4 Å². The molecule has 9 heteroatoms. The molecule has 3 aromatic rings. The second-order valence-electron chi connectivity index (χ2n) is 9.32. The third-order valence-electron chi connectivity index (χ3n) is 6.99. The first-order valence-corrected chi connectivity index (χ1v) is 13.1. The van der Waals surface area contributed by atoms with Gasteiger partial charge in [-0.25, -0.2) is 0 Å². The molecule has 1 saturated carbocycles. The zero-order chi connectivity index (χ0) is 22.8. The Hall–Kier alpha value is -2.55. The minimum Gasteiger partial charge on any atom is -0.352 e. The highest BCUT2D eigenvalue weighted by molar-refractivity contribution is 7.99. The summed E-state index contributed by atoms with van der Waals surface area (Å²) in [5, 5.41) is 12.7. The van der Waals surface area contributed by atoms with Gasteiger partial charge in [0.1, 0.15) is 6.54 Å². The van der Waals surface area contributed by atoms with Crippen LogP contribution in [0.1, 0.15) is 58.3 Å². The Morgan fingerprint density at radius 2 is 1.79 bits per heavy atom. The number of fused-ring (bicyclic) bond motifs is 3. The van der Waals surface area contributed by atoms with Crippen molar-refractivity contribution in [2.45, 2.75) is 82.1 Å². The largest absolute Gasteiger partial charge is 0.352 e. The molecule has 1 aliphatic carbocycles. The molecule has 2 amide bonds. The Kier molecular flexibility index (Phi) is 6.57. The molecule has 1 aromatic carbocycles. The summed E-state index contributed by atoms with van der Waals surface area (Å²) in [7, 11) is 0. The van der Waals surface area contributed by atoms with E-state index in [9.17, 15) is 9.59 Å². The summed E-state index contributed by atoms with van der Waals surface area (Å²) in [6.07, 6.45) is 9.08. The predicted octanol–water partition coefficient (Wildman–Crippen LogP) is 3.63. The summed E-state index contributed by atoms with van der Waals surface area (Å²) in [4.78, 5) is 27.7. The molecule has 2 aromatic heterocycles. The van der Waals surface area contributed by atoms with Gasteiger partial charge in [0.2, 0.25) is 17.6 Å². The third kappa shape index (κ3) is 4.60. The Morgan fingerprint density at radius 3 is 2.58 bits per heavy atom. The van der Waals surface area contributed by atoms with E-state index in [1.54, 1.807) is 0 Å². The highest BCUT2D eigenvalue weighted by Gasteiger charge is 2.25. The lowest BCUT2D eigenvalue weighted by atomic mass is 9.95. The maximum absolute atomic E-state index is 12.8. The van der Waals surface area contributed by atoms with Gasteiger partial charge in [0.05, 0.1) is 16.8 Å². The average molecular weight is 469 g/mol. The van der Waals surface area contributed by atoms with E-state index in [0.29, 0.717) is 22.7 Å². The second kappa shape index (κ2) is 9.75. The number of hydrogen-bond acceptors (Lipinski definition) is 5. The molecule has 1 N–H and O–H groups in total. The van der Waals surface area contributed by atoms with Gasteiger partial charge in [0, 0.05) is 18.6 Å². The number of hydrogen-bond donors (Lipinski definition) is 1. The molecule has 1 aliphatic heterocycles. The lowest BCUT2D eigenvalue weighted by Gasteiger charge is -2.33. The number of piperidine rings is 1. The summed E-state index contributed by atoms with van der Waals surface area (Å²) in [5.41, 5.74) is 1.89. The van der Waals surface area contributed by atoms with Gasteiger partial charge in [-0.05, 0) is 51.2 Å². The quantitative estimate of drug-likeness (QED) is 0.559. The number of thioether (sulfide) groups is 1. The molecule has 3 heterocycles. The van der Waals surface area contributed by atoms with Crippen LogP contribution in [0.5, 0.6) is 0 Å². The highest BCUT2D eigenvalue weighted by atomic mass is 32.2. The van der Waals surface area contributed by atoms with Gasteiger partial charge in [-0.2, -0.15) is 0 Å². The van der Waals surface area contributed by atoms with Crippen molar-refractivity contribution in [3.63, 3.8) is 0 Å². The van der Waals surface area contributed by atoms with Gasteiger partial charge in [-0.1, -0.05) is 43.2 Å². The summed E-state index contributed by atoms with van der Waals surface area (Å²) in [5.74, 6) is 1.14. The third-order valence-corrected chi connectivity index (χ3v) is 7.90. The summed E-state index contributed by atoms with van der Waals surface area (Å²) >= 11 is 1.42. The number of nitrogens with zero attached hydrogens (tertiary/aromatic N) is 5.